The number of aryl methyl sites for hydroxylation is 3. The molecule has 2 rings (SSSR count). The highest BCUT2D eigenvalue weighted by atomic mass is 15.2. The Bertz CT molecular complexity index is 543. The smallest absolute Gasteiger partial charge is 0.0515 e. The summed E-state index contributed by atoms with van der Waals surface area (Å²) in [4.78, 5) is 4.23. The minimum atomic E-state index is 0.0913. The summed E-state index contributed by atoms with van der Waals surface area (Å²) in [7, 11) is 0. The summed E-state index contributed by atoms with van der Waals surface area (Å²) in [6, 6.07) is 8.82. The van der Waals surface area contributed by atoms with Crippen LogP contribution < -0.4 is 11.3 Å². The largest absolute Gasteiger partial charge is 0.271 e. The molecule has 100 valence electrons. The van der Waals surface area contributed by atoms with Gasteiger partial charge in [-0.2, -0.15) is 0 Å². The van der Waals surface area contributed by atoms with Gasteiger partial charge in [0.1, 0.15) is 0 Å². The number of nitrogens with zero attached hydrogens (tertiary/aromatic N) is 1. The minimum Gasteiger partial charge on any atom is -0.271 e. The zero-order chi connectivity index (χ0) is 13.8. The number of nitrogens with one attached hydrogen (secondary N) is 1. The molecular formula is C16H21N3. The molecule has 0 aliphatic carbocycles. The lowest BCUT2D eigenvalue weighted by Crippen LogP contribution is -2.29. The molecule has 3 N–H and O–H groups in total. The van der Waals surface area contributed by atoms with E-state index in [2.05, 4.69) is 48.5 Å². The van der Waals surface area contributed by atoms with Crippen molar-refractivity contribution in [2.75, 3.05) is 0 Å². The van der Waals surface area contributed by atoms with E-state index in [0.29, 0.717) is 0 Å². The zero-order valence-corrected chi connectivity index (χ0v) is 11.8. The molecule has 3 nitrogen and oxygen atoms in total. The molecule has 0 aliphatic heterocycles. The fourth-order valence-electron chi connectivity index (χ4n) is 2.46. The fraction of sp³-hybridized carbons (Fsp3) is 0.312. The molecule has 2 aromatic rings. The van der Waals surface area contributed by atoms with Crippen molar-refractivity contribution in [3.8, 4) is 0 Å². The first-order valence-corrected chi connectivity index (χ1v) is 6.53. The van der Waals surface area contributed by atoms with Gasteiger partial charge in [0.2, 0.25) is 0 Å². The number of hydrazine groups is 1. The maximum atomic E-state index is 5.70. The Morgan fingerprint density at radius 3 is 2.26 bits per heavy atom. The molecule has 1 unspecified atom stereocenters. The van der Waals surface area contributed by atoms with E-state index in [9.17, 15) is 0 Å². The zero-order valence-electron chi connectivity index (χ0n) is 11.8. The van der Waals surface area contributed by atoms with Crippen molar-refractivity contribution in [1.29, 1.82) is 0 Å². The molecule has 0 spiro atoms. The van der Waals surface area contributed by atoms with Crippen LogP contribution in [0.1, 0.15) is 33.9 Å². The van der Waals surface area contributed by atoms with Gasteiger partial charge in [0, 0.05) is 12.4 Å². The normalized spacial score (nSPS) is 12.4. The van der Waals surface area contributed by atoms with Crippen molar-refractivity contribution in [3.63, 3.8) is 0 Å². The lowest BCUT2D eigenvalue weighted by atomic mass is 9.97. The predicted molar refractivity (Wildman–Crippen MR) is 78.7 cm³/mol. The van der Waals surface area contributed by atoms with Crippen LogP contribution in [0.5, 0.6) is 0 Å². The summed E-state index contributed by atoms with van der Waals surface area (Å²) in [5.41, 5.74) is 9.03. The van der Waals surface area contributed by atoms with Crippen LogP contribution in [0, 0.1) is 20.8 Å². The number of hydrogen-bond donors (Lipinski definition) is 2. The maximum Gasteiger partial charge on any atom is 0.0515 e. The Morgan fingerprint density at radius 1 is 1.00 bits per heavy atom. The number of pyridine rings is 1. The van der Waals surface area contributed by atoms with Gasteiger partial charge in [-0.3, -0.25) is 16.3 Å². The van der Waals surface area contributed by atoms with Gasteiger partial charge >= 0.3 is 0 Å². The maximum absolute atomic E-state index is 5.70. The van der Waals surface area contributed by atoms with E-state index in [1.807, 2.05) is 19.3 Å². The molecule has 0 amide bonds. The van der Waals surface area contributed by atoms with Crippen LogP contribution in [0.2, 0.25) is 0 Å². The van der Waals surface area contributed by atoms with E-state index in [-0.39, 0.29) is 6.04 Å². The molecule has 0 saturated carbocycles. The minimum absolute atomic E-state index is 0.0913. The molecule has 1 aromatic heterocycles. The molecule has 1 atom stereocenters. The van der Waals surface area contributed by atoms with Crippen LogP contribution in [-0.2, 0) is 6.42 Å². The van der Waals surface area contributed by atoms with E-state index in [1.54, 1.807) is 0 Å². The Labute approximate surface area is 114 Å². The van der Waals surface area contributed by atoms with Gasteiger partial charge in [-0.25, -0.2) is 0 Å². The van der Waals surface area contributed by atoms with Crippen LogP contribution in [0.25, 0.3) is 0 Å². The molecule has 0 aliphatic rings. The van der Waals surface area contributed by atoms with Crippen LogP contribution in [0.4, 0.5) is 0 Å². The van der Waals surface area contributed by atoms with Gasteiger partial charge in [0.05, 0.1) is 6.04 Å². The monoisotopic (exact) mass is 255 g/mol. The summed E-state index contributed by atoms with van der Waals surface area (Å²) in [6.45, 7) is 6.28. The van der Waals surface area contributed by atoms with Crippen molar-refractivity contribution >= 4 is 0 Å². The second kappa shape index (κ2) is 5.95. The molecule has 0 radical (unpaired) electrons. The highest BCUT2D eigenvalue weighted by Crippen LogP contribution is 2.19. The third-order valence-electron chi connectivity index (χ3n) is 3.22. The highest BCUT2D eigenvalue weighted by molar-refractivity contribution is 5.30. The first-order chi connectivity index (χ1) is 9.08. The second-order valence-electron chi connectivity index (χ2n) is 5.21. The number of nitrogens with two attached hydrogens (primary N) is 1. The molecule has 1 heterocycles. The van der Waals surface area contributed by atoms with Gasteiger partial charge in [0.25, 0.3) is 0 Å². The lowest BCUT2D eigenvalue weighted by molar-refractivity contribution is 0.549. The van der Waals surface area contributed by atoms with Crippen LogP contribution in [0.15, 0.2) is 36.7 Å². The van der Waals surface area contributed by atoms with Crippen molar-refractivity contribution in [1.82, 2.24) is 10.4 Å². The van der Waals surface area contributed by atoms with E-state index in [0.717, 1.165) is 17.5 Å². The molecule has 3 heteroatoms. The average Bonchev–Trinajstić information content (AvgIpc) is 2.34. The molecule has 0 bridgehead atoms. The van der Waals surface area contributed by atoms with E-state index < -0.39 is 0 Å². The second-order valence-corrected chi connectivity index (χ2v) is 5.21. The van der Waals surface area contributed by atoms with Crippen molar-refractivity contribution in [2.24, 2.45) is 5.84 Å². The predicted octanol–water partition coefficient (Wildman–Crippen LogP) is 2.75. The first kappa shape index (κ1) is 13.7. The Balaban J connectivity index is 2.23. The summed E-state index contributed by atoms with van der Waals surface area (Å²) < 4.78 is 0. The summed E-state index contributed by atoms with van der Waals surface area (Å²) >= 11 is 0. The van der Waals surface area contributed by atoms with Gasteiger partial charge in [-0.1, -0.05) is 35.4 Å². The Hall–Kier alpha value is -1.71. The summed E-state index contributed by atoms with van der Waals surface area (Å²) in [5, 5.41) is 0. The SMILES string of the molecule is Cc1cc(C)cc(CC(NN)c2cncc(C)c2)c1. The van der Waals surface area contributed by atoms with Crippen LogP contribution >= 0.6 is 0 Å². The highest BCUT2D eigenvalue weighted by Gasteiger charge is 2.11. The van der Waals surface area contributed by atoms with E-state index in [4.69, 9.17) is 5.84 Å². The average molecular weight is 255 g/mol. The third kappa shape index (κ3) is 3.63. The van der Waals surface area contributed by atoms with Gasteiger partial charge in [-0.15, -0.1) is 0 Å². The standard InChI is InChI=1S/C16H21N3/c1-11-4-12(2)6-14(5-11)8-16(19-17)15-7-13(3)9-18-10-15/h4-7,9-10,16,19H,8,17H2,1-3H3. The number of hydrogen-bond acceptors (Lipinski definition) is 3. The van der Waals surface area contributed by atoms with E-state index >= 15 is 0 Å². The molecule has 19 heavy (non-hydrogen) atoms. The molecule has 0 fully saturated rings. The van der Waals surface area contributed by atoms with Gasteiger partial charge in [0.15, 0.2) is 0 Å². The van der Waals surface area contributed by atoms with Crippen molar-refractivity contribution in [2.45, 2.75) is 33.2 Å². The Kier molecular flexibility index (Phi) is 4.30. The Morgan fingerprint density at radius 2 is 1.68 bits per heavy atom. The first-order valence-electron chi connectivity index (χ1n) is 6.53. The number of aromatic nitrogens is 1. The summed E-state index contributed by atoms with van der Waals surface area (Å²) in [5.74, 6) is 5.70. The van der Waals surface area contributed by atoms with Crippen molar-refractivity contribution in [3.05, 3.63) is 64.5 Å². The van der Waals surface area contributed by atoms with Gasteiger partial charge in [-0.05, 0) is 43.9 Å². The van der Waals surface area contributed by atoms with Crippen LogP contribution in [0.3, 0.4) is 0 Å². The van der Waals surface area contributed by atoms with E-state index in [1.165, 1.54) is 16.7 Å². The third-order valence-corrected chi connectivity index (χ3v) is 3.22. The summed E-state index contributed by atoms with van der Waals surface area (Å²) in [6.07, 6.45) is 4.60. The molecular weight excluding hydrogens is 234 g/mol. The quantitative estimate of drug-likeness (QED) is 0.652. The lowest BCUT2D eigenvalue weighted by Gasteiger charge is -2.17. The fourth-order valence-corrected chi connectivity index (χ4v) is 2.46. The van der Waals surface area contributed by atoms with Gasteiger partial charge < -0.3 is 0 Å². The van der Waals surface area contributed by atoms with Crippen LogP contribution in [-0.4, -0.2) is 4.98 Å². The number of benzene rings is 1. The molecule has 1 aromatic carbocycles. The molecule has 0 saturated heterocycles. The number of rotatable bonds is 4. The topological polar surface area (TPSA) is 50.9 Å². The van der Waals surface area contributed by atoms with Crippen molar-refractivity contribution < 1.29 is 0 Å².